The van der Waals surface area contributed by atoms with Crippen molar-refractivity contribution >= 4 is 5.91 Å². The highest BCUT2D eigenvalue weighted by atomic mass is 16.3. The summed E-state index contributed by atoms with van der Waals surface area (Å²) in [6.07, 6.45) is 3.20. The van der Waals surface area contributed by atoms with Crippen LogP contribution in [0, 0.1) is 0 Å². The molecule has 0 radical (unpaired) electrons. The van der Waals surface area contributed by atoms with Gasteiger partial charge >= 0.3 is 0 Å². The van der Waals surface area contributed by atoms with Crippen LogP contribution in [-0.4, -0.2) is 30.4 Å². The molecular weight excluding hydrogens is 192 g/mol. The predicted molar refractivity (Wildman–Crippen MR) is 56.2 cm³/mol. The first-order valence-electron chi connectivity index (χ1n) is 5.37. The Bertz CT molecular complexity index is 308. The zero-order chi connectivity index (χ0) is 10.5. The van der Waals surface area contributed by atoms with Crippen LogP contribution in [0.2, 0.25) is 0 Å². The van der Waals surface area contributed by atoms with Crippen LogP contribution in [0.3, 0.4) is 0 Å². The summed E-state index contributed by atoms with van der Waals surface area (Å²) in [5.41, 5.74) is 0. The molecule has 0 aliphatic carbocycles. The lowest BCUT2D eigenvalue weighted by Crippen LogP contribution is -2.39. The molecular formula is C11H16N2O2. The lowest BCUT2D eigenvalue weighted by atomic mass is 10.2. The molecule has 0 bridgehead atoms. The maximum absolute atomic E-state index is 11.7. The van der Waals surface area contributed by atoms with Crippen LogP contribution in [0.15, 0.2) is 22.8 Å². The molecule has 1 fully saturated rings. The molecule has 1 N–H and O–H groups in total. The first-order chi connectivity index (χ1) is 7.36. The third-order valence-electron chi connectivity index (χ3n) is 2.58. The van der Waals surface area contributed by atoms with Crippen LogP contribution >= 0.6 is 0 Å². The van der Waals surface area contributed by atoms with E-state index in [-0.39, 0.29) is 5.91 Å². The molecule has 1 aromatic heterocycles. The van der Waals surface area contributed by atoms with Crippen LogP contribution in [-0.2, 0) is 11.3 Å². The Hall–Kier alpha value is -1.29. The molecule has 0 spiro atoms. The quantitative estimate of drug-likeness (QED) is 0.788. The van der Waals surface area contributed by atoms with Gasteiger partial charge in [0.1, 0.15) is 5.76 Å². The lowest BCUT2D eigenvalue weighted by Gasteiger charge is -2.24. The van der Waals surface area contributed by atoms with Crippen molar-refractivity contribution in [1.29, 1.82) is 0 Å². The Morgan fingerprint density at radius 1 is 1.47 bits per heavy atom. The molecule has 0 aromatic carbocycles. The normalized spacial score (nSPS) is 18.7. The third-order valence-corrected chi connectivity index (χ3v) is 2.58. The summed E-state index contributed by atoms with van der Waals surface area (Å²) in [4.78, 5) is 13.6. The van der Waals surface area contributed by atoms with Crippen LogP contribution in [0.25, 0.3) is 0 Å². The lowest BCUT2D eigenvalue weighted by molar-refractivity contribution is -0.132. The van der Waals surface area contributed by atoms with Gasteiger partial charge in [-0.3, -0.25) is 4.79 Å². The van der Waals surface area contributed by atoms with E-state index in [4.69, 9.17) is 4.42 Å². The Labute approximate surface area is 89.2 Å². The van der Waals surface area contributed by atoms with Crippen molar-refractivity contribution in [2.45, 2.75) is 19.4 Å². The van der Waals surface area contributed by atoms with E-state index in [9.17, 15) is 4.79 Å². The van der Waals surface area contributed by atoms with Gasteiger partial charge in [0, 0.05) is 19.5 Å². The van der Waals surface area contributed by atoms with Gasteiger partial charge in [0.25, 0.3) is 0 Å². The monoisotopic (exact) mass is 208 g/mol. The molecule has 0 saturated carbocycles. The maximum Gasteiger partial charge on any atom is 0.223 e. The Morgan fingerprint density at radius 2 is 2.40 bits per heavy atom. The maximum atomic E-state index is 11.7. The SMILES string of the molecule is O=C1CCCNCCN1Cc1ccco1. The number of carbonyl (C=O) groups excluding carboxylic acids is 1. The van der Waals surface area contributed by atoms with Gasteiger partial charge in [0.15, 0.2) is 0 Å². The molecule has 1 aromatic rings. The smallest absolute Gasteiger partial charge is 0.223 e. The van der Waals surface area contributed by atoms with E-state index in [1.165, 1.54) is 0 Å². The first-order valence-corrected chi connectivity index (χ1v) is 5.37. The number of hydrogen-bond acceptors (Lipinski definition) is 3. The Kier molecular flexibility index (Phi) is 3.40. The standard InChI is InChI=1S/C11H16N2O2/c14-11-4-1-5-12-6-7-13(11)9-10-3-2-8-15-10/h2-3,8,12H,1,4-7,9H2. The number of carbonyl (C=O) groups is 1. The molecule has 4 heteroatoms. The van der Waals surface area contributed by atoms with Crippen molar-refractivity contribution in [2.24, 2.45) is 0 Å². The number of furan rings is 1. The van der Waals surface area contributed by atoms with Crippen molar-refractivity contribution in [2.75, 3.05) is 19.6 Å². The van der Waals surface area contributed by atoms with E-state index in [0.29, 0.717) is 13.0 Å². The summed E-state index contributed by atoms with van der Waals surface area (Å²) >= 11 is 0. The minimum absolute atomic E-state index is 0.230. The number of hydrogen-bond donors (Lipinski definition) is 1. The summed E-state index contributed by atoms with van der Waals surface area (Å²) < 4.78 is 5.24. The van der Waals surface area contributed by atoms with Gasteiger partial charge in [-0.1, -0.05) is 0 Å². The zero-order valence-corrected chi connectivity index (χ0v) is 8.74. The van der Waals surface area contributed by atoms with E-state index in [1.807, 2.05) is 17.0 Å². The van der Waals surface area contributed by atoms with Gasteiger partial charge < -0.3 is 14.6 Å². The molecule has 0 atom stereocenters. The fourth-order valence-corrected chi connectivity index (χ4v) is 1.74. The largest absolute Gasteiger partial charge is 0.467 e. The number of nitrogens with one attached hydrogen (secondary N) is 1. The molecule has 1 amide bonds. The van der Waals surface area contributed by atoms with Crippen molar-refractivity contribution < 1.29 is 9.21 Å². The highest BCUT2D eigenvalue weighted by Gasteiger charge is 2.16. The molecule has 2 heterocycles. The minimum Gasteiger partial charge on any atom is -0.467 e. The van der Waals surface area contributed by atoms with Crippen LogP contribution < -0.4 is 5.32 Å². The summed E-state index contributed by atoms with van der Waals surface area (Å²) in [7, 11) is 0. The Morgan fingerprint density at radius 3 is 3.20 bits per heavy atom. The molecule has 2 rings (SSSR count). The fourth-order valence-electron chi connectivity index (χ4n) is 1.74. The second kappa shape index (κ2) is 4.98. The average molecular weight is 208 g/mol. The molecule has 1 saturated heterocycles. The number of nitrogens with zero attached hydrogens (tertiary/aromatic N) is 1. The second-order valence-corrected chi connectivity index (χ2v) is 3.75. The minimum atomic E-state index is 0.230. The second-order valence-electron chi connectivity index (χ2n) is 3.75. The Balaban J connectivity index is 1.95. The highest BCUT2D eigenvalue weighted by Crippen LogP contribution is 2.08. The topological polar surface area (TPSA) is 45.5 Å². The van der Waals surface area contributed by atoms with E-state index < -0.39 is 0 Å². The van der Waals surface area contributed by atoms with Gasteiger partial charge in [0.05, 0.1) is 12.8 Å². The van der Waals surface area contributed by atoms with Crippen LogP contribution in [0.1, 0.15) is 18.6 Å². The van der Waals surface area contributed by atoms with E-state index >= 15 is 0 Å². The third kappa shape index (κ3) is 2.83. The van der Waals surface area contributed by atoms with Crippen molar-refractivity contribution in [3.05, 3.63) is 24.2 Å². The summed E-state index contributed by atoms with van der Waals surface area (Å²) in [6.45, 7) is 3.17. The van der Waals surface area contributed by atoms with Crippen molar-refractivity contribution in [1.82, 2.24) is 10.2 Å². The molecule has 1 aliphatic heterocycles. The van der Waals surface area contributed by atoms with Crippen molar-refractivity contribution in [3.63, 3.8) is 0 Å². The predicted octanol–water partition coefficient (Wildman–Crippen LogP) is 0.992. The van der Waals surface area contributed by atoms with E-state index in [2.05, 4.69) is 5.32 Å². The van der Waals surface area contributed by atoms with Gasteiger partial charge in [0.2, 0.25) is 5.91 Å². The molecule has 1 aliphatic rings. The van der Waals surface area contributed by atoms with Gasteiger partial charge in [-0.05, 0) is 25.1 Å². The van der Waals surface area contributed by atoms with Crippen LogP contribution in [0.5, 0.6) is 0 Å². The molecule has 15 heavy (non-hydrogen) atoms. The zero-order valence-electron chi connectivity index (χ0n) is 8.74. The van der Waals surface area contributed by atoms with Gasteiger partial charge in [-0.2, -0.15) is 0 Å². The molecule has 0 unspecified atom stereocenters. The fraction of sp³-hybridized carbons (Fsp3) is 0.545. The summed E-state index contributed by atoms with van der Waals surface area (Å²) in [5.74, 6) is 1.08. The first kappa shape index (κ1) is 10.2. The van der Waals surface area contributed by atoms with Crippen LogP contribution in [0.4, 0.5) is 0 Å². The number of rotatable bonds is 2. The van der Waals surface area contributed by atoms with E-state index in [0.717, 1.165) is 31.8 Å². The summed E-state index contributed by atoms with van der Waals surface area (Å²) in [6, 6.07) is 3.75. The van der Waals surface area contributed by atoms with Gasteiger partial charge in [-0.15, -0.1) is 0 Å². The number of amides is 1. The summed E-state index contributed by atoms with van der Waals surface area (Å²) in [5, 5.41) is 3.29. The molecule has 4 nitrogen and oxygen atoms in total. The highest BCUT2D eigenvalue weighted by molar-refractivity contribution is 5.76. The average Bonchev–Trinajstić information content (AvgIpc) is 2.70. The van der Waals surface area contributed by atoms with Gasteiger partial charge in [-0.25, -0.2) is 0 Å². The van der Waals surface area contributed by atoms with Crippen molar-refractivity contribution in [3.8, 4) is 0 Å². The van der Waals surface area contributed by atoms with E-state index in [1.54, 1.807) is 6.26 Å². The molecule has 82 valence electrons.